The number of aryl methyl sites for hydroxylation is 4. The first-order valence-corrected chi connectivity index (χ1v) is 11.2. The van der Waals surface area contributed by atoms with Crippen LogP contribution < -0.4 is 10.2 Å². The van der Waals surface area contributed by atoms with Gasteiger partial charge in [0.15, 0.2) is 5.82 Å². The summed E-state index contributed by atoms with van der Waals surface area (Å²) >= 11 is 0. The predicted octanol–water partition coefficient (Wildman–Crippen LogP) is 4.50. The molecule has 3 aromatic rings. The molecule has 0 amide bonds. The third kappa shape index (κ3) is 3.28. The lowest BCUT2D eigenvalue weighted by Gasteiger charge is -2.31. The minimum absolute atomic E-state index is 0.127. The fourth-order valence-corrected chi connectivity index (χ4v) is 5.52. The summed E-state index contributed by atoms with van der Waals surface area (Å²) in [4.78, 5) is 16.1. The second-order valence-corrected chi connectivity index (χ2v) is 8.98. The van der Waals surface area contributed by atoms with E-state index < -0.39 is 0 Å². The molecule has 0 radical (unpaired) electrons. The first-order valence-electron chi connectivity index (χ1n) is 11.2. The van der Waals surface area contributed by atoms with E-state index in [1.54, 1.807) is 0 Å². The number of fused-ring (bicyclic) bond motifs is 2. The van der Waals surface area contributed by atoms with Crippen molar-refractivity contribution in [2.45, 2.75) is 46.1 Å². The van der Waals surface area contributed by atoms with Gasteiger partial charge in [-0.2, -0.15) is 5.10 Å². The molecule has 0 aliphatic carbocycles. The normalized spacial score (nSPS) is 17.9. The van der Waals surface area contributed by atoms with E-state index >= 15 is 0 Å². The Bertz CT molecular complexity index is 1150. The number of carbonyl (C=O) groups is 1. The van der Waals surface area contributed by atoms with E-state index in [-0.39, 0.29) is 11.8 Å². The molecule has 1 aromatic heterocycles. The average molecular weight is 415 g/mol. The zero-order valence-corrected chi connectivity index (χ0v) is 18.8. The molecule has 1 atom stereocenters. The van der Waals surface area contributed by atoms with Crippen molar-refractivity contribution in [3.8, 4) is 0 Å². The summed E-state index contributed by atoms with van der Waals surface area (Å²) in [7, 11) is 1.91. The number of nitrogens with zero attached hydrogens (tertiary/aromatic N) is 3. The van der Waals surface area contributed by atoms with Gasteiger partial charge in [-0.3, -0.25) is 9.48 Å². The Labute approximate surface area is 184 Å². The molecule has 31 heavy (non-hydrogen) atoms. The van der Waals surface area contributed by atoms with Crippen molar-refractivity contribution in [1.29, 1.82) is 0 Å². The summed E-state index contributed by atoms with van der Waals surface area (Å²) in [5, 5.41) is 8.34. The zero-order valence-electron chi connectivity index (χ0n) is 18.8. The van der Waals surface area contributed by atoms with Crippen LogP contribution in [-0.2, 0) is 19.9 Å². The van der Waals surface area contributed by atoms with Gasteiger partial charge >= 0.3 is 0 Å². The van der Waals surface area contributed by atoms with Crippen LogP contribution >= 0.6 is 0 Å². The quantitative estimate of drug-likeness (QED) is 0.641. The van der Waals surface area contributed by atoms with Crippen LogP contribution in [0.5, 0.6) is 0 Å². The van der Waals surface area contributed by atoms with Gasteiger partial charge in [-0.05, 0) is 62.3 Å². The van der Waals surface area contributed by atoms with Gasteiger partial charge in [0.05, 0.1) is 6.04 Å². The number of ketones is 1. The van der Waals surface area contributed by atoms with Gasteiger partial charge in [0, 0.05) is 31.4 Å². The van der Waals surface area contributed by atoms with Crippen LogP contribution in [0.3, 0.4) is 0 Å². The molecular weight excluding hydrogens is 384 g/mol. The summed E-state index contributed by atoms with van der Waals surface area (Å²) < 4.78 is 1.81. The van der Waals surface area contributed by atoms with Gasteiger partial charge in [0.25, 0.3) is 0 Å². The Kier molecular flexibility index (Phi) is 4.94. The van der Waals surface area contributed by atoms with E-state index in [1.165, 1.54) is 27.9 Å². The molecule has 160 valence electrons. The van der Waals surface area contributed by atoms with E-state index in [4.69, 9.17) is 5.10 Å². The second kappa shape index (κ2) is 7.65. The minimum atomic E-state index is -0.303. The average Bonchev–Trinajstić information content (AvgIpc) is 3.08. The summed E-state index contributed by atoms with van der Waals surface area (Å²) in [5.41, 5.74) is 9.22. The summed E-state index contributed by atoms with van der Waals surface area (Å²) in [6.45, 7) is 8.22. The van der Waals surface area contributed by atoms with Crippen molar-refractivity contribution in [2.24, 2.45) is 7.05 Å². The van der Waals surface area contributed by atoms with Crippen molar-refractivity contribution in [2.75, 3.05) is 18.0 Å². The number of hydrogen-bond donors (Lipinski definition) is 1. The fraction of sp³-hybridized carbons (Fsp3) is 0.385. The third-order valence-electron chi connectivity index (χ3n) is 6.70. The number of nitrogens with one attached hydrogen (secondary N) is 1. The zero-order chi connectivity index (χ0) is 21.7. The number of benzene rings is 2. The first-order chi connectivity index (χ1) is 15.0. The van der Waals surface area contributed by atoms with E-state index in [0.717, 1.165) is 55.0 Å². The summed E-state index contributed by atoms with van der Waals surface area (Å²) in [6, 6.07) is 12.5. The largest absolute Gasteiger partial charge is 0.324 e. The molecule has 0 spiro atoms. The van der Waals surface area contributed by atoms with Crippen molar-refractivity contribution in [1.82, 2.24) is 15.1 Å². The Balaban J connectivity index is 1.58. The molecular formula is C26H30N4O. The molecule has 5 heteroatoms. The maximum atomic E-state index is 13.8. The number of carbonyl (C=O) groups excluding carboxylic acids is 1. The van der Waals surface area contributed by atoms with Gasteiger partial charge in [0.1, 0.15) is 5.69 Å². The molecule has 2 aromatic carbocycles. The topological polar surface area (TPSA) is 50.2 Å². The van der Waals surface area contributed by atoms with Crippen LogP contribution in [0.25, 0.3) is 0 Å². The molecule has 0 fully saturated rings. The monoisotopic (exact) mass is 414 g/mol. The Morgan fingerprint density at radius 1 is 1.10 bits per heavy atom. The molecule has 0 bridgehead atoms. The highest BCUT2D eigenvalue weighted by Crippen LogP contribution is 2.39. The van der Waals surface area contributed by atoms with Crippen molar-refractivity contribution in [3.63, 3.8) is 0 Å². The van der Waals surface area contributed by atoms with Gasteiger partial charge in [-0.15, -0.1) is 0 Å². The second-order valence-electron chi connectivity index (χ2n) is 8.98. The maximum Gasteiger partial charge on any atom is 0.202 e. The molecule has 5 rings (SSSR count). The molecule has 0 saturated heterocycles. The number of aromatic nitrogens is 2. The number of Topliss-reactive ketones (excluding diaryl/α,β-unsaturated/α-hetero) is 1. The van der Waals surface area contributed by atoms with Crippen LogP contribution in [0, 0.1) is 20.8 Å². The lowest BCUT2D eigenvalue weighted by Crippen LogP contribution is -2.36. The molecule has 0 saturated carbocycles. The van der Waals surface area contributed by atoms with E-state index in [0.29, 0.717) is 0 Å². The van der Waals surface area contributed by atoms with Gasteiger partial charge in [-0.25, -0.2) is 0 Å². The lowest BCUT2D eigenvalue weighted by molar-refractivity contribution is 0.0929. The number of rotatable bonds is 3. The van der Waals surface area contributed by atoms with Crippen LogP contribution in [0.1, 0.15) is 56.3 Å². The molecule has 1 unspecified atom stereocenters. The highest BCUT2D eigenvalue weighted by molar-refractivity contribution is 6.02. The van der Waals surface area contributed by atoms with Crippen LogP contribution in [0.15, 0.2) is 36.4 Å². The minimum Gasteiger partial charge on any atom is -0.324 e. The summed E-state index contributed by atoms with van der Waals surface area (Å²) in [5.74, 6) is 1.07. The molecule has 1 N–H and O–H groups in total. The van der Waals surface area contributed by atoms with Crippen LogP contribution in [0.4, 0.5) is 11.5 Å². The molecule has 3 heterocycles. The highest BCUT2D eigenvalue weighted by Gasteiger charge is 2.35. The van der Waals surface area contributed by atoms with Crippen LogP contribution in [-0.4, -0.2) is 28.7 Å². The first kappa shape index (κ1) is 20.0. The maximum absolute atomic E-state index is 13.8. The Morgan fingerprint density at radius 2 is 1.84 bits per heavy atom. The fourth-order valence-electron chi connectivity index (χ4n) is 5.52. The van der Waals surface area contributed by atoms with Gasteiger partial charge in [-0.1, -0.05) is 42.0 Å². The standard InChI is InChI=1S/C26H30N4O/c1-16-14-17(2)23(18(3)15-16)30-13-7-10-21-24(29(4)28-26(21)30)25(31)22-20-9-6-5-8-19(20)11-12-27-22/h5-6,8-9,14-15,22,27H,7,10-13H2,1-4H3. The van der Waals surface area contributed by atoms with E-state index in [2.05, 4.69) is 61.3 Å². The lowest BCUT2D eigenvalue weighted by atomic mass is 9.89. The highest BCUT2D eigenvalue weighted by atomic mass is 16.1. The van der Waals surface area contributed by atoms with Crippen molar-refractivity contribution >= 4 is 17.3 Å². The smallest absolute Gasteiger partial charge is 0.202 e. The number of hydrogen-bond acceptors (Lipinski definition) is 4. The van der Waals surface area contributed by atoms with E-state index in [1.807, 2.05) is 17.8 Å². The number of anilines is 2. The molecule has 2 aliphatic heterocycles. The Hall–Kier alpha value is -2.92. The SMILES string of the molecule is Cc1cc(C)c(N2CCCc3c2nn(C)c3C(=O)C2NCCc3ccccc32)c(C)c1. The van der Waals surface area contributed by atoms with Gasteiger partial charge < -0.3 is 10.2 Å². The molecule has 5 nitrogen and oxygen atoms in total. The van der Waals surface area contributed by atoms with Crippen LogP contribution in [0.2, 0.25) is 0 Å². The summed E-state index contributed by atoms with van der Waals surface area (Å²) in [6.07, 6.45) is 2.86. The van der Waals surface area contributed by atoms with Crippen molar-refractivity contribution in [3.05, 3.63) is 75.5 Å². The predicted molar refractivity (Wildman–Crippen MR) is 124 cm³/mol. The Morgan fingerprint density at radius 3 is 2.61 bits per heavy atom. The van der Waals surface area contributed by atoms with Gasteiger partial charge in [0.2, 0.25) is 5.78 Å². The van der Waals surface area contributed by atoms with Crippen molar-refractivity contribution < 1.29 is 4.79 Å². The third-order valence-corrected chi connectivity index (χ3v) is 6.70. The molecule has 2 aliphatic rings. The van der Waals surface area contributed by atoms with E-state index in [9.17, 15) is 4.79 Å².